The minimum Gasteiger partial charge on any atom is -0.598 e. The van der Waals surface area contributed by atoms with Crippen LogP contribution in [0.4, 0.5) is 4.39 Å². The lowest BCUT2D eigenvalue weighted by Crippen LogP contribution is -2.35. The smallest absolute Gasteiger partial charge is 0.157 e. The number of rotatable bonds is 3. The first-order chi connectivity index (χ1) is 7.33. The second kappa shape index (κ2) is 4.86. The van der Waals surface area contributed by atoms with Crippen molar-refractivity contribution in [2.75, 3.05) is 0 Å². The van der Waals surface area contributed by atoms with Gasteiger partial charge in [-0.25, -0.2) is 4.39 Å². The van der Waals surface area contributed by atoms with E-state index in [1.807, 2.05) is 0 Å². The van der Waals surface area contributed by atoms with Gasteiger partial charge < -0.3 is 9.66 Å². The minimum atomic E-state index is -1.52. The zero-order valence-electron chi connectivity index (χ0n) is 9.11. The lowest BCUT2D eigenvalue weighted by Gasteiger charge is -2.20. The fourth-order valence-corrected chi connectivity index (χ4v) is 1.22. The fraction of sp³-hybridized carbons (Fsp3) is 0.273. The van der Waals surface area contributed by atoms with Gasteiger partial charge in [0.15, 0.2) is 4.75 Å². The standard InChI is InChI=1S/C11H14FNO2S/c1-11(2,16(13)15)6-5-8-7-9(12)3-4-10(8)14/h3-7,14H,13H2,1-2H3. The zero-order valence-corrected chi connectivity index (χ0v) is 9.92. The summed E-state index contributed by atoms with van der Waals surface area (Å²) in [5, 5.41) is 14.7. The van der Waals surface area contributed by atoms with Gasteiger partial charge in [0.05, 0.1) is 0 Å². The van der Waals surface area contributed by atoms with Crippen LogP contribution in [0.2, 0.25) is 0 Å². The molecule has 1 atom stereocenters. The Bertz CT molecular complexity index is 405. The second-order valence-corrected chi connectivity index (χ2v) is 5.58. The first-order valence-electron chi connectivity index (χ1n) is 4.67. The summed E-state index contributed by atoms with van der Waals surface area (Å²) in [6.07, 6.45) is 3.08. The summed E-state index contributed by atoms with van der Waals surface area (Å²) in [5.41, 5.74) is 0.332. The molecule has 0 aliphatic heterocycles. The van der Waals surface area contributed by atoms with Crippen molar-refractivity contribution in [1.29, 1.82) is 0 Å². The molecule has 88 valence electrons. The molecule has 0 saturated carbocycles. The number of phenols is 1. The minimum absolute atomic E-state index is 0.0312. The Balaban J connectivity index is 2.96. The van der Waals surface area contributed by atoms with Crippen molar-refractivity contribution in [2.45, 2.75) is 18.6 Å². The van der Waals surface area contributed by atoms with Gasteiger partial charge in [0.2, 0.25) is 0 Å². The normalized spacial score (nSPS) is 14.3. The van der Waals surface area contributed by atoms with Crippen LogP contribution in [0.3, 0.4) is 0 Å². The number of hydrogen-bond donors (Lipinski definition) is 2. The van der Waals surface area contributed by atoms with Crippen LogP contribution in [-0.2, 0) is 11.4 Å². The number of hydrogen-bond acceptors (Lipinski definition) is 3. The summed E-state index contributed by atoms with van der Waals surface area (Å²) in [4.78, 5) is 0. The van der Waals surface area contributed by atoms with Crippen LogP contribution in [0, 0.1) is 5.82 Å². The molecule has 0 aliphatic rings. The monoisotopic (exact) mass is 243 g/mol. The molecule has 1 unspecified atom stereocenters. The van der Waals surface area contributed by atoms with E-state index < -0.39 is 21.9 Å². The van der Waals surface area contributed by atoms with Crippen molar-refractivity contribution < 1.29 is 14.0 Å². The predicted octanol–water partition coefficient (Wildman–Crippen LogP) is 1.95. The van der Waals surface area contributed by atoms with E-state index in [9.17, 15) is 14.0 Å². The molecular weight excluding hydrogens is 229 g/mol. The molecule has 0 fully saturated rings. The molecule has 1 aromatic rings. The average molecular weight is 243 g/mol. The van der Waals surface area contributed by atoms with Gasteiger partial charge in [-0.1, -0.05) is 0 Å². The fourth-order valence-electron chi connectivity index (χ4n) is 1.02. The highest BCUT2D eigenvalue weighted by Gasteiger charge is 2.25. The summed E-state index contributed by atoms with van der Waals surface area (Å²) in [6.45, 7) is 3.38. The van der Waals surface area contributed by atoms with Crippen molar-refractivity contribution >= 4 is 17.4 Å². The van der Waals surface area contributed by atoms with E-state index >= 15 is 0 Å². The maximum Gasteiger partial charge on any atom is 0.157 e. The Morgan fingerprint density at radius 2 is 2.12 bits per heavy atom. The van der Waals surface area contributed by atoms with E-state index in [-0.39, 0.29) is 5.75 Å². The molecule has 1 aromatic carbocycles. The lowest BCUT2D eigenvalue weighted by atomic mass is 10.1. The van der Waals surface area contributed by atoms with E-state index in [2.05, 4.69) is 0 Å². The molecule has 5 heteroatoms. The number of aromatic hydroxyl groups is 1. The van der Waals surface area contributed by atoms with Gasteiger partial charge in [-0.05, 0) is 44.2 Å². The summed E-state index contributed by atoms with van der Waals surface area (Å²) >= 11 is -1.52. The maximum absolute atomic E-state index is 12.9. The van der Waals surface area contributed by atoms with E-state index in [0.717, 1.165) is 0 Å². The van der Waals surface area contributed by atoms with Gasteiger partial charge in [0, 0.05) is 16.9 Å². The molecule has 0 heterocycles. The van der Waals surface area contributed by atoms with E-state index in [0.29, 0.717) is 5.56 Å². The Hall–Kier alpha value is -1.04. The molecule has 0 bridgehead atoms. The Morgan fingerprint density at radius 3 is 2.69 bits per heavy atom. The highest BCUT2D eigenvalue weighted by Crippen LogP contribution is 2.22. The van der Waals surface area contributed by atoms with Crippen molar-refractivity contribution in [3.63, 3.8) is 0 Å². The number of phenolic OH excluding ortho intramolecular Hbond substituents is 1. The van der Waals surface area contributed by atoms with Crippen LogP contribution in [0.1, 0.15) is 19.4 Å². The Morgan fingerprint density at radius 1 is 1.50 bits per heavy atom. The van der Waals surface area contributed by atoms with Gasteiger partial charge in [0.25, 0.3) is 0 Å². The van der Waals surface area contributed by atoms with Crippen molar-refractivity contribution in [1.82, 2.24) is 0 Å². The highest BCUT2D eigenvalue weighted by molar-refractivity contribution is 7.90. The topological polar surface area (TPSA) is 69.3 Å². The van der Waals surface area contributed by atoms with Gasteiger partial charge in [-0.2, -0.15) is 5.14 Å². The predicted molar refractivity (Wildman–Crippen MR) is 63.5 cm³/mol. The molecular formula is C11H14FNO2S. The van der Waals surface area contributed by atoms with Crippen LogP contribution < -0.4 is 5.14 Å². The third-order valence-electron chi connectivity index (χ3n) is 2.17. The van der Waals surface area contributed by atoms with E-state index in [4.69, 9.17) is 5.14 Å². The van der Waals surface area contributed by atoms with Gasteiger partial charge in [-0.3, -0.25) is 0 Å². The first-order valence-corrected chi connectivity index (χ1v) is 5.88. The highest BCUT2D eigenvalue weighted by atomic mass is 32.2. The summed E-state index contributed by atoms with van der Waals surface area (Å²) in [5.74, 6) is -0.472. The molecule has 1 rings (SSSR count). The van der Waals surface area contributed by atoms with Gasteiger partial charge >= 0.3 is 0 Å². The molecule has 0 saturated heterocycles. The number of halogens is 1. The quantitative estimate of drug-likeness (QED) is 0.797. The van der Waals surface area contributed by atoms with E-state index in [1.54, 1.807) is 19.9 Å². The number of nitrogens with two attached hydrogens (primary N) is 1. The maximum atomic E-state index is 12.9. The third-order valence-corrected chi connectivity index (χ3v) is 3.35. The third kappa shape index (κ3) is 3.23. The largest absolute Gasteiger partial charge is 0.598 e. The van der Waals surface area contributed by atoms with Crippen molar-refractivity contribution in [3.8, 4) is 5.75 Å². The lowest BCUT2D eigenvalue weighted by molar-refractivity contribution is 0.471. The molecule has 0 amide bonds. The van der Waals surface area contributed by atoms with Gasteiger partial charge in [-0.15, -0.1) is 0 Å². The summed E-state index contributed by atoms with van der Waals surface area (Å²) < 4.78 is 23.3. The van der Waals surface area contributed by atoms with Crippen LogP contribution in [0.5, 0.6) is 5.75 Å². The van der Waals surface area contributed by atoms with Crippen LogP contribution in [0.15, 0.2) is 24.3 Å². The molecule has 0 radical (unpaired) electrons. The Kier molecular flexibility index (Phi) is 3.96. The van der Waals surface area contributed by atoms with Crippen LogP contribution in [0.25, 0.3) is 6.08 Å². The van der Waals surface area contributed by atoms with Crippen molar-refractivity contribution in [3.05, 3.63) is 35.7 Å². The molecule has 3 nitrogen and oxygen atoms in total. The molecule has 0 aromatic heterocycles. The molecule has 0 spiro atoms. The Labute approximate surface area is 97.1 Å². The first kappa shape index (κ1) is 13.0. The second-order valence-electron chi connectivity index (χ2n) is 3.94. The van der Waals surface area contributed by atoms with Gasteiger partial charge in [0.1, 0.15) is 11.6 Å². The van der Waals surface area contributed by atoms with Crippen LogP contribution >= 0.6 is 0 Å². The summed E-state index contributed by atoms with van der Waals surface area (Å²) in [6, 6.07) is 3.63. The SMILES string of the molecule is CC(C)(C=Cc1cc(F)ccc1O)[S+](N)[O-]. The molecule has 0 aliphatic carbocycles. The molecule has 16 heavy (non-hydrogen) atoms. The molecule has 3 N–H and O–H groups in total. The van der Waals surface area contributed by atoms with E-state index in [1.165, 1.54) is 24.3 Å². The zero-order chi connectivity index (χ0) is 12.3. The summed E-state index contributed by atoms with van der Waals surface area (Å²) in [7, 11) is 0. The average Bonchev–Trinajstić information content (AvgIpc) is 2.19. The number of benzene rings is 1. The van der Waals surface area contributed by atoms with Crippen molar-refractivity contribution in [2.24, 2.45) is 5.14 Å². The van der Waals surface area contributed by atoms with Crippen LogP contribution in [-0.4, -0.2) is 14.4 Å².